The summed E-state index contributed by atoms with van der Waals surface area (Å²) in [5.41, 5.74) is 1.04. The van der Waals surface area contributed by atoms with Gasteiger partial charge in [0.25, 0.3) is 11.8 Å². The van der Waals surface area contributed by atoms with Crippen molar-refractivity contribution in [1.29, 1.82) is 0 Å². The maximum Gasteiger partial charge on any atom is 0.263 e. The van der Waals surface area contributed by atoms with Gasteiger partial charge in [-0.2, -0.15) is 0 Å². The molecule has 0 N–H and O–H groups in total. The Balaban J connectivity index is 1.43. The maximum atomic E-state index is 10.8. The van der Waals surface area contributed by atoms with Gasteiger partial charge in [-0.05, 0) is 36.4 Å². The largest absolute Gasteiger partial charge is 0.448 e. The molecule has 0 radical (unpaired) electrons. The van der Waals surface area contributed by atoms with Crippen LogP contribution in [0.5, 0.6) is 0 Å². The van der Waals surface area contributed by atoms with Crippen molar-refractivity contribution in [2.24, 2.45) is 0 Å². The normalized spacial score (nSPS) is 10.9. The quantitative estimate of drug-likeness (QED) is 0.377. The summed E-state index contributed by atoms with van der Waals surface area (Å²) in [7, 11) is 0. The Bertz CT molecular complexity index is 1260. The predicted octanol–water partition coefficient (Wildman–Crippen LogP) is 4.54. The van der Waals surface area contributed by atoms with E-state index in [9.17, 15) is 9.59 Å². The summed E-state index contributed by atoms with van der Waals surface area (Å²) >= 11 is 0. The van der Waals surface area contributed by atoms with E-state index in [1.54, 1.807) is 30.3 Å². The van der Waals surface area contributed by atoms with Crippen LogP contribution >= 0.6 is 0 Å². The fourth-order valence-corrected chi connectivity index (χ4v) is 2.78. The molecule has 9 nitrogen and oxygen atoms in total. The summed E-state index contributed by atoms with van der Waals surface area (Å²) in [4.78, 5) is 34.4. The average molecular weight is 401 g/mol. The lowest BCUT2D eigenvalue weighted by atomic mass is 10.2. The summed E-state index contributed by atoms with van der Waals surface area (Å²) in [6.45, 7) is 0. The van der Waals surface area contributed by atoms with E-state index in [0.29, 0.717) is 47.0 Å². The van der Waals surface area contributed by atoms with Gasteiger partial charge in [0.2, 0.25) is 0 Å². The maximum absolute atomic E-state index is 10.8. The summed E-state index contributed by atoms with van der Waals surface area (Å²) in [6.07, 6.45) is 4.24. The molecule has 0 saturated carbocycles. The molecule has 0 bridgehead atoms. The van der Waals surface area contributed by atoms with Crippen molar-refractivity contribution >= 4 is 12.6 Å². The first kappa shape index (κ1) is 17.6. The van der Waals surface area contributed by atoms with Crippen LogP contribution in [0.1, 0.15) is 21.1 Å². The number of hydrogen-bond donors (Lipinski definition) is 0. The van der Waals surface area contributed by atoms with E-state index < -0.39 is 0 Å². The first-order chi connectivity index (χ1) is 14.7. The number of nitrogens with zero attached hydrogens (tertiary/aromatic N) is 3. The van der Waals surface area contributed by atoms with Crippen molar-refractivity contribution in [2.75, 3.05) is 0 Å². The zero-order chi connectivity index (χ0) is 20.5. The second-order valence-corrected chi connectivity index (χ2v) is 6.11. The zero-order valence-electron chi connectivity index (χ0n) is 15.1. The van der Waals surface area contributed by atoms with Gasteiger partial charge in [-0.1, -0.05) is 6.07 Å². The standard InChI is InChI=1S/C21H11N3O6/c25-10-12-4-6-16(27-12)20-22-8-18(29-20)14-2-1-3-15(24-14)19-9-23-21(30-19)17-7-5-13(11-26)28-17/h1-11H. The molecule has 0 saturated heterocycles. The summed E-state index contributed by atoms with van der Waals surface area (Å²) in [5.74, 6) is 2.34. The first-order valence-electron chi connectivity index (χ1n) is 8.74. The molecule has 0 aliphatic heterocycles. The second kappa shape index (κ2) is 7.13. The predicted molar refractivity (Wildman–Crippen MR) is 101 cm³/mol. The molecule has 0 aromatic carbocycles. The van der Waals surface area contributed by atoms with Crippen molar-refractivity contribution in [3.05, 3.63) is 66.4 Å². The first-order valence-corrected chi connectivity index (χ1v) is 8.74. The average Bonchev–Trinajstić information content (AvgIpc) is 3.58. The minimum absolute atomic E-state index is 0.183. The molecule has 5 aromatic heterocycles. The van der Waals surface area contributed by atoms with Crippen LogP contribution in [0.25, 0.3) is 46.2 Å². The van der Waals surface area contributed by atoms with Gasteiger partial charge in [0.15, 0.2) is 47.1 Å². The topological polar surface area (TPSA) is 125 Å². The molecule has 0 spiro atoms. The molecule has 0 unspecified atom stereocenters. The molecule has 30 heavy (non-hydrogen) atoms. The fraction of sp³-hybridized carbons (Fsp3) is 0. The molecule has 0 atom stereocenters. The smallest absolute Gasteiger partial charge is 0.263 e. The third kappa shape index (κ3) is 3.14. The molecule has 5 rings (SSSR count). The Kier molecular flexibility index (Phi) is 4.18. The number of pyridine rings is 1. The van der Waals surface area contributed by atoms with Gasteiger partial charge in [-0.3, -0.25) is 9.59 Å². The van der Waals surface area contributed by atoms with Crippen LogP contribution in [-0.4, -0.2) is 27.5 Å². The molecule has 5 aromatic rings. The number of furan rings is 2. The molecule has 0 amide bonds. The van der Waals surface area contributed by atoms with Gasteiger partial charge < -0.3 is 17.7 Å². The monoisotopic (exact) mass is 401 g/mol. The van der Waals surface area contributed by atoms with Crippen molar-refractivity contribution in [1.82, 2.24) is 15.0 Å². The Hall–Kier alpha value is -4.53. The minimum Gasteiger partial charge on any atom is -0.448 e. The summed E-state index contributed by atoms with van der Waals surface area (Å²) in [5, 5.41) is 0. The second-order valence-electron chi connectivity index (χ2n) is 6.11. The Labute approximate surface area is 168 Å². The van der Waals surface area contributed by atoms with E-state index in [-0.39, 0.29) is 23.3 Å². The van der Waals surface area contributed by atoms with Crippen LogP contribution in [0, 0.1) is 0 Å². The van der Waals surface area contributed by atoms with Crippen molar-refractivity contribution in [3.63, 3.8) is 0 Å². The summed E-state index contributed by atoms with van der Waals surface area (Å²) < 4.78 is 22.1. The number of rotatable bonds is 6. The van der Waals surface area contributed by atoms with Crippen molar-refractivity contribution in [2.45, 2.75) is 0 Å². The SMILES string of the molecule is O=Cc1ccc(-c2ncc(-c3cccc(-c4cnc(-c5ccc(C=O)o5)o4)n3)o2)o1. The number of carbonyl (C=O) groups excluding carboxylic acids is 2. The number of carbonyl (C=O) groups is 2. The number of aromatic nitrogens is 3. The van der Waals surface area contributed by atoms with Crippen LogP contribution in [0.15, 0.2) is 72.5 Å². The van der Waals surface area contributed by atoms with E-state index in [1.165, 1.54) is 24.5 Å². The lowest BCUT2D eigenvalue weighted by Gasteiger charge is -1.99. The van der Waals surface area contributed by atoms with Crippen LogP contribution in [-0.2, 0) is 0 Å². The zero-order valence-corrected chi connectivity index (χ0v) is 15.1. The van der Waals surface area contributed by atoms with Crippen LogP contribution in [0.3, 0.4) is 0 Å². The highest BCUT2D eigenvalue weighted by Gasteiger charge is 2.16. The lowest BCUT2D eigenvalue weighted by Crippen LogP contribution is -1.85. The van der Waals surface area contributed by atoms with E-state index in [2.05, 4.69) is 15.0 Å². The van der Waals surface area contributed by atoms with Gasteiger partial charge >= 0.3 is 0 Å². The van der Waals surface area contributed by atoms with E-state index in [4.69, 9.17) is 17.7 Å². The van der Waals surface area contributed by atoms with Crippen LogP contribution in [0.2, 0.25) is 0 Å². The molecular formula is C21H11N3O6. The van der Waals surface area contributed by atoms with E-state index in [0.717, 1.165) is 0 Å². The fourth-order valence-electron chi connectivity index (χ4n) is 2.78. The Morgan fingerprint density at radius 1 is 0.600 bits per heavy atom. The van der Waals surface area contributed by atoms with Gasteiger partial charge in [-0.25, -0.2) is 15.0 Å². The number of hydrogen-bond acceptors (Lipinski definition) is 9. The van der Waals surface area contributed by atoms with E-state index >= 15 is 0 Å². The number of aldehydes is 2. The molecule has 5 heterocycles. The molecule has 0 fully saturated rings. The number of oxazole rings is 2. The molecule has 0 aliphatic carbocycles. The third-order valence-corrected chi connectivity index (χ3v) is 4.17. The van der Waals surface area contributed by atoms with E-state index in [1.807, 2.05) is 0 Å². The minimum atomic E-state index is 0.183. The lowest BCUT2D eigenvalue weighted by molar-refractivity contribution is 0.109. The van der Waals surface area contributed by atoms with Crippen LogP contribution < -0.4 is 0 Å². The van der Waals surface area contributed by atoms with Crippen molar-refractivity contribution in [3.8, 4) is 46.2 Å². The Morgan fingerprint density at radius 3 is 1.53 bits per heavy atom. The molecular weight excluding hydrogens is 390 g/mol. The molecule has 0 aliphatic rings. The highest BCUT2D eigenvalue weighted by Crippen LogP contribution is 2.29. The highest BCUT2D eigenvalue weighted by molar-refractivity contribution is 5.72. The van der Waals surface area contributed by atoms with Gasteiger partial charge in [0, 0.05) is 0 Å². The molecule has 146 valence electrons. The van der Waals surface area contributed by atoms with Crippen molar-refractivity contribution < 1.29 is 27.3 Å². The van der Waals surface area contributed by atoms with Gasteiger partial charge in [0.1, 0.15) is 11.4 Å². The Morgan fingerprint density at radius 2 is 1.10 bits per heavy atom. The van der Waals surface area contributed by atoms with Gasteiger partial charge in [0.05, 0.1) is 12.4 Å². The van der Waals surface area contributed by atoms with Gasteiger partial charge in [-0.15, -0.1) is 0 Å². The van der Waals surface area contributed by atoms with Crippen LogP contribution in [0.4, 0.5) is 0 Å². The highest BCUT2D eigenvalue weighted by atomic mass is 16.4. The third-order valence-electron chi connectivity index (χ3n) is 4.17. The summed E-state index contributed by atoms with van der Waals surface area (Å²) in [6, 6.07) is 11.6. The molecule has 9 heteroatoms.